The Morgan fingerprint density at radius 3 is 2.20 bits per heavy atom. The van der Waals surface area contributed by atoms with Crippen LogP contribution in [0.15, 0.2) is 0 Å². The Kier molecular flexibility index (Phi) is 6.71. The predicted octanol–water partition coefficient (Wildman–Crippen LogP) is -0.331. The topological polar surface area (TPSA) is 42.0 Å². The number of piperazine rings is 1. The maximum absolute atomic E-state index is 9.40. The molecule has 0 aromatic carbocycles. The van der Waals surface area contributed by atoms with Crippen molar-refractivity contribution in [3.8, 4) is 0 Å². The van der Waals surface area contributed by atoms with Crippen LogP contribution < -0.4 is 5.32 Å². The highest BCUT2D eigenvalue weighted by molar-refractivity contribution is 4.85. The maximum atomic E-state index is 9.40. The molecule has 0 radical (unpaired) electrons. The molecule has 1 atom stereocenters. The van der Waals surface area contributed by atoms with Gasteiger partial charge in [0.05, 0.1) is 6.61 Å². The normalized spacial score (nSPS) is 23.4. The van der Waals surface area contributed by atoms with Crippen molar-refractivity contribution in [2.75, 3.05) is 66.5 Å². The smallest absolute Gasteiger partial charge is 0.0585 e. The van der Waals surface area contributed by atoms with Crippen molar-refractivity contribution in [3.63, 3.8) is 0 Å². The Bertz CT molecular complexity index is 263. The molecule has 2 fully saturated rings. The highest BCUT2D eigenvalue weighted by Gasteiger charge is 2.24. The molecule has 1 aliphatic heterocycles. The van der Waals surface area contributed by atoms with Gasteiger partial charge in [-0.3, -0.25) is 4.90 Å². The van der Waals surface area contributed by atoms with E-state index in [1.165, 1.54) is 45.6 Å². The second kappa shape index (κ2) is 8.29. The minimum absolute atomic E-state index is 0.277. The molecule has 1 saturated heterocycles. The summed E-state index contributed by atoms with van der Waals surface area (Å²) in [6.45, 7) is 8.46. The standard InChI is InChI=1S/C15H32N4O/c1-17(2)7-8-19-11-9-18(10-12-19)6-5-15(13-20)16-14-3-4-14/h14-16,20H,3-13H2,1-2H3. The van der Waals surface area contributed by atoms with Crippen molar-refractivity contribution in [3.05, 3.63) is 0 Å². The summed E-state index contributed by atoms with van der Waals surface area (Å²) in [7, 11) is 4.27. The predicted molar refractivity (Wildman–Crippen MR) is 83.1 cm³/mol. The third-order valence-corrected chi connectivity index (χ3v) is 4.39. The fourth-order valence-corrected chi connectivity index (χ4v) is 2.73. The van der Waals surface area contributed by atoms with Gasteiger partial charge < -0.3 is 20.2 Å². The van der Waals surface area contributed by atoms with Crippen LogP contribution in [-0.2, 0) is 0 Å². The molecule has 1 saturated carbocycles. The first-order valence-corrected chi connectivity index (χ1v) is 8.13. The molecule has 5 heteroatoms. The van der Waals surface area contributed by atoms with Crippen LogP contribution in [0, 0.1) is 0 Å². The first kappa shape index (κ1) is 16.2. The van der Waals surface area contributed by atoms with Crippen LogP contribution >= 0.6 is 0 Å². The van der Waals surface area contributed by atoms with Crippen molar-refractivity contribution in [2.45, 2.75) is 31.3 Å². The third kappa shape index (κ3) is 6.06. The highest BCUT2D eigenvalue weighted by atomic mass is 16.3. The Hall–Kier alpha value is -0.200. The summed E-state index contributed by atoms with van der Waals surface area (Å²) in [5.41, 5.74) is 0. The van der Waals surface area contributed by atoms with E-state index in [-0.39, 0.29) is 6.61 Å². The van der Waals surface area contributed by atoms with Crippen LogP contribution in [0.4, 0.5) is 0 Å². The maximum Gasteiger partial charge on any atom is 0.0585 e. The molecule has 2 aliphatic rings. The van der Waals surface area contributed by atoms with Gasteiger partial charge in [-0.25, -0.2) is 0 Å². The Morgan fingerprint density at radius 1 is 1.10 bits per heavy atom. The summed E-state index contributed by atoms with van der Waals surface area (Å²) in [6.07, 6.45) is 3.66. The number of likely N-dealkylation sites (N-methyl/N-ethyl adjacent to an activating group) is 1. The number of nitrogens with one attached hydrogen (secondary N) is 1. The molecule has 2 N–H and O–H groups in total. The third-order valence-electron chi connectivity index (χ3n) is 4.39. The van der Waals surface area contributed by atoms with E-state index in [0.29, 0.717) is 12.1 Å². The largest absolute Gasteiger partial charge is 0.395 e. The van der Waals surface area contributed by atoms with Gasteiger partial charge in [0.25, 0.3) is 0 Å². The van der Waals surface area contributed by atoms with E-state index < -0.39 is 0 Å². The first-order valence-electron chi connectivity index (χ1n) is 8.13. The van der Waals surface area contributed by atoms with E-state index in [1.807, 2.05) is 0 Å². The van der Waals surface area contributed by atoms with Gasteiger partial charge in [-0.05, 0) is 39.9 Å². The fraction of sp³-hybridized carbons (Fsp3) is 1.00. The van der Waals surface area contributed by atoms with Crippen LogP contribution in [0.2, 0.25) is 0 Å². The van der Waals surface area contributed by atoms with Crippen LogP contribution in [0.3, 0.4) is 0 Å². The Labute approximate surface area is 123 Å². The van der Waals surface area contributed by atoms with Gasteiger partial charge in [-0.2, -0.15) is 0 Å². The molecular formula is C15H32N4O. The molecule has 20 heavy (non-hydrogen) atoms. The minimum atomic E-state index is 0.277. The van der Waals surface area contributed by atoms with Gasteiger partial charge >= 0.3 is 0 Å². The van der Waals surface area contributed by atoms with Gasteiger partial charge in [-0.15, -0.1) is 0 Å². The van der Waals surface area contributed by atoms with Gasteiger partial charge in [0.1, 0.15) is 0 Å². The van der Waals surface area contributed by atoms with Crippen LogP contribution in [0.1, 0.15) is 19.3 Å². The summed E-state index contributed by atoms with van der Waals surface area (Å²) < 4.78 is 0. The van der Waals surface area contributed by atoms with Crippen molar-refractivity contribution in [2.24, 2.45) is 0 Å². The minimum Gasteiger partial charge on any atom is -0.395 e. The molecule has 1 aliphatic carbocycles. The second-order valence-corrected chi connectivity index (χ2v) is 6.60. The highest BCUT2D eigenvalue weighted by Crippen LogP contribution is 2.20. The quantitative estimate of drug-likeness (QED) is 0.607. The molecule has 118 valence electrons. The van der Waals surface area contributed by atoms with E-state index in [4.69, 9.17) is 0 Å². The molecule has 2 rings (SSSR count). The van der Waals surface area contributed by atoms with E-state index in [2.05, 4.69) is 34.1 Å². The lowest BCUT2D eigenvalue weighted by Gasteiger charge is -2.35. The number of rotatable bonds is 9. The molecule has 1 unspecified atom stereocenters. The second-order valence-electron chi connectivity index (χ2n) is 6.60. The van der Waals surface area contributed by atoms with Gasteiger partial charge in [0.2, 0.25) is 0 Å². The van der Waals surface area contributed by atoms with Crippen LogP contribution in [0.25, 0.3) is 0 Å². The Balaban J connectivity index is 1.56. The number of hydrogen-bond acceptors (Lipinski definition) is 5. The summed E-state index contributed by atoms with van der Waals surface area (Å²) >= 11 is 0. The number of aliphatic hydroxyl groups is 1. The lowest BCUT2D eigenvalue weighted by molar-refractivity contribution is 0.117. The van der Waals surface area contributed by atoms with Gasteiger partial charge in [0, 0.05) is 51.4 Å². The SMILES string of the molecule is CN(C)CCN1CCN(CCC(CO)NC2CC2)CC1. The molecular weight excluding hydrogens is 252 g/mol. The van der Waals surface area contributed by atoms with Gasteiger partial charge in [-0.1, -0.05) is 0 Å². The molecule has 0 amide bonds. The van der Waals surface area contributed by atoms with Crippen molar-refractivity contribution in [1.29, 1.82) is 0 Å². The zero-order valence-corrected chi connectivity index (χ0v) is 13.2. The number of aliphatic hydroxyl groups excluding tert-OH is 1. The zero-order valence-electron chi connectivity index (χ0n) is 13.2. The van der Waals surface area contributed by atoms with Crippen LogP contribution in [0.5, 0.6) is 0 Å². The number of nitrogens with zero attached hydrogens (tertiary/aromatic N) is 3. The molecule has 0 aromatic heterocycles. The first-order chi connectivity index (χ1) is 9.67. The van der Waals surface area contributed by atoms with E-state index in [9.17, 15) is 5.11 Å². The average Bonchev–Trinajstić information content (AvgIpc) is 3.26. The monoisotopic (exact) mass is 284 g/mol. The van der Waals surface area contributed by atoms with Gasteiger partial charge in [0.15, 0.2) is 0 Å². The lowest BCUT2D eigenvalue weighted by atomic mass is 10.2. The van der Waals surface area contributed by atoms with E-state index in [0.717, 1.165) is 19.5 Å². The van der Waals surface area contributed by atoms with Crippen molar-refractivity contribution < 1.29 is 5.11 Å². The molecule has 0 spiro atoms. The molecule has 5 nitrogen and oxygen atoms in total. The van der Waals surface area contributed by atoms with Crippen LogP contribution in [-0.4, -0.2) is 98.4 Å². The summed E-state index contributed by atoms with van der Waals surface area (Å²) in [5.74, 6) is 0. The zero-order chi connectivity index (χ0) is 14.4. The van der Waals surface area contributed by atoms with Crippen molar-refractivity contribution >= 4 is 0 Å². The van der Waals surface area contributed by atoms with E-state index >= 15 is 0 Å². The average molecular weight is 284 g/mol. The van der Waals surface area contributed by atoms with E-state index in [1.54, 1.807) is 0 Å². The summed E-state index contributed by atoms with van der Waals surface area (Å²) in [6, 6.07) is 0.990. The molecule has 0 bridgehead atoms. The molecule has 0 aromatic rings. The van der Waals surface area contributed by atoms with Crippen molar-refractivity contribution in [1.82, 2.24) is 20.0 Å². The fourth-order valence-electron chi connectivity index (χ4n) is 2.73. The number of hydrogen-bond donors (Lipinski definition) is 2. The Morgan fingerprint density at radius 2 is 1.70 bits per heavy atom. The summed E-state index contributed by atoms with van der Waals surface area (Å²) in [5, 5.41) is 12.9. The lowest BCUT2D eigenvalue weighted by Crippen LogP contribution is -2.49. The summed E-state index contributed by atoms with van der Waals surface area (Å²) in [4.78, 5) is 7.35. The molecule has 1 heterocycles.